The van der Waals surface area contributed by atoms with Crippen molar-refractivity contribution in [1.82, 2.24) is 0 Å². The molecule has 1 aliphatic heterocycles. The highest BCUT2D eigenvalue weighted by Gasteiger charge is 2.22. The van der Waals surface area contributed by atoms with E-state index in [1.807, 2.05) is 54.6 Å². The van der Waals surface area contributed by atoms with Gasteiger partial charge in [0.2, 0.25) is 0 Å². The number of rotatable bonds is 3. The first kappa shape index (κ1) is 17.4. The summed E-state index contributed by atoms with van der Waals surface area (Å²) in [7, 11) is 1.66. The van der Waals surface area contributed by atoms with Gasteiger partial charge in [0, 0.05) is 16.7 Å². The smallest absolute Gasteiger partial charge is 0.184 e. The molecule has 3 nitrogen and oxygen atoms in total. The monoisotopic (exact) mass is 356 g/mol. The van der Waals surface area contributed by atoms with Crippen molar-refractivity contribution in [2.75, 3.05) is 20.3 Å². The van der Waals surface area contributed by atoms with Gasteiger partial charge < -0.3 is 14.2 Å². The molecule has 1 fully saturated rings. The number of hydrogen-bond acceptors (Lipinski definition) is 3. The van der Waals surface area contributed by atoms with Gasteiger partial charge in [-0.25, -0.2) is 0 Å². The van der Waals surface area contributed by atoms with E-state index < -0.39 is 0 Å². The quantitative estimate of drug-likeness (QED) is 0.631. The Bertz CT molecular complexity index is 974. The SMILES string of the molecule is COc1ccc(C#Cc2ccccc2-c2ccccc2C2OCCO2)cc1. The van der Waals surface area contributed by atoms with E-state index in [0.29, 0.717) is 13.2 Å². The molecule has 4 rings (SSSR count). The van der Waals surface area contributed by atoms with Crippen molar-refractivity contribution in [1.29, 1.82) is 0 Å². The summed E-state index contributed by atoms with van der Waals surface area (Å²) < 4.78 is 16.6. The number of hydrogen-bond donors (Lipinski definition) is 0. The summed E-state index contributed by atoms with van der Waals surface area (Å²) in [5, 5.41) is 0. The number of methoxy groups -OCH3 is 1. The second-order valence-corrected chi connectivity index (χ2v) is 6.18. The van der Waals surface area contributed by atoms with Crippen molar-refractivity contribution in [3.8, 4) is 28.7 Å². The zero-order valence-corrected chi connectivity index (χ0v) is 15.1. The molecule has 0 aromatic heterocycles. The zero-order chi connectivity index (χ0) is 18.5. The average Bonchev–Trinajstić information content (AvgIpc) is 3.28. The van der Waals surface area contributed by atoms with E-state index in [0.717, 1.165) is 33.6 Å². The van der Waals surface area contributed by atoms with Crippen LogP contribution in [0.15, 0.2) is 72.8 Å². The molecule has 3 aromatic rings. The van der Waals surface area contributed by atoms with Crippen molar-refractivity contribution in [3.05, 3.63) is 89.5 Å². The van der Waals surface area contributed by atoms with Crippen LogP contribution in [0.25, 0.3) is 11.1 Å². The Balaban J connectivity index is 1.71. The van der Waals surface area contributed by atoms with Crippen LogP contribution in [0.4, 0.5) is 0 Å². The molecule has 0 saturated carbocycles. The normalized spacial score (nSPS) is 13.8. The Morgan fingerprint density at radius 3 is 2.19 bits per heavy atom. The Labute approximate surface area is 159 Å². The van der Waals surface area contributed by atoms with E-state index in [4.69, 9.17) is 14.2 Å². The number of benzene rings is 3. The topological polar surface area (TPSA) is 27.7 Å². The summed E-state index contributed by atoms with van der Waals surface area (Å²) in [5.74, 6) is 7.38. The number of ether oxygens (including phenoxy) is 3. The van der Waals surface area contributed by atoms with Gasteiger partial charge in [-0.2, -0.15) is 0 Å². The minimum Gasteiger partial charge on any atom is -0.497 e. The molecular weight excluding hydrogens is 336 g/mol. The predicted molar refractivity (Wildman–Crippen MR) is 105 cm³/mol. The van der Waals surface area contributed by atoms with E-state index in [-0.39, 0.29) is 6.29 Å². The van der Waals surface area contributed by atoms with Gasteiger partial charge in [0.1, 0.15) is 5.75 Å². The molecule has 134 valence electrons. The van der Waals surface area contributed by atoms with E-state index in [9.17, 15) is 0 Å². The molecule has 0 spiro atoms. The molecule has 0 amide bonds. The molecule has 0 aliphatic carbocycles. The highest BCUT2D eigenvalue weighted by atomic mass is 16.7. The maximum atomic E-state index is 5.72. The van der Waals surface area contributed by atoms with Gasteiger partial charge in [-0.15, -0.1) is 0 Å². The summed E-state index contributed by atoms with van der Waals surface area (Å²) in [6.45, 7) is 1.25. The maximum Gasteiger partial charge on any atom is 0.184 e. The van der Waals surface area contributed by atoms with Gasteiger partial charge >= 0.3 is 0 Å². The first-order valence-electron chi connectivity index (χ1n) is 8.93. The Hall–Kier alpha value is -3.06. The van der Waals surface area contributed by atoms with Gasteiger partial charge in [-0.1, -0.05) is 54.3 Å². The van der Waals surface area contributed by atoms with Crippen LogP contribution in [0.2, 0.25) is 0 Å². The highest BCUT2D eigenvalue weighted by Crippen LogP contribution is 2.34. The van der Waals surface area contributed by atoms with Crippen LogP contribution in [0.1, 0.15) is 23.0 Å². The van der Waals surface area contributed by atoms with Crippen LogP contribution in [-0.4, -0.2) is 20.3 Å². The lowest BCUT2D eigenvalue weighted by Gasteiger charge is -2.15. The predicted octanol–water partition coefficient (Wildman–Crippen LogP) is 4.81. The minimum atomic E-state index is -0.316. The van der Waals surface area contributed by atoms with E-state index >= 15 is 0 Å². The van der Waals surface area contributed by atoms with Gasteiger partial charge in [0.05, 0.1) is 20.3 Å². The first-order valence-corrected chi connectivity index (χ1v) is 8.93. The third kappa shape index (κ3) is 3.88. The molecule has 1 heterocycles. The van der Waals surface area contributed by atoms with Crippen molar-refractivity contribution < 1.29 is 14.2 Å². The van der Waals surface area contributed by atoms with Gasteiger partial charge in [-0.05, 0) is 41.5 Å². The fraction of sp³-hybridized carbons (Fsp3) is 0.167. The van der Waals surface area contributed by atoms with Crippen molar-refractivity contribution >= 4 is 0 Å². The third-order valence-corrected chi connectivity index (χ3v) is 4.49. The lowest BCUT2D eigenvalue weighted by atomic mass is 9.95. The van der Waals surface area contributed by atoms with Crippen LogP contribution in [-0.2, 0) is 9.47 Å². The molecule has 27 heavy (non-hydrogen) atoms. The minimum absolute atomic E-state index is 0.316. The van der Waals surface area contributed by atoms with Crippen LogP contribution >= 0.6 is 0 Å². The fourth-order valence-electron chi connectivity index (χ4n) is 3.13. The third-order valence-electron chi connectivity index (χ3n) is 4.49. The maximum absolute atomic E-state index is 5.72. The standard InChI is InChI=1S/C24H20O3/c1-25-20-14-11-18(12-15-20)10-13-19-6-2-3-7-21(19)22-8-4-5-9-23(22)24-26-16-17-27-24/h2-9,11-12,14-15,24H,16-17H2,1H3. The van der Waals surface area contributed by atoms with E-state index in [1.54, 1.807) is 7.11 Å². The second-order valence-electron chi connectivity index (χ2n) is 6.18. The van der Waals surface area contributed by atoms with Crippen molar-refractivity contribution in [2.45, 2.75) is 6.29 Å². The van der Waals surface area contributed by atoms with Crippen molar-refractivity contribution in [3.63, 3.8) is 0 Å². The molecule has 3 aromatic carbocycles. The lowest BCUT2D eigenvalue weighted by molar-refractivity contribution is -0.0436. The van der Waals surface area contributed by atoms with E-state index in [2.05, 4.69) is 30.0 Å². The van der Waals surface area contributed by atoms with Gasteiger partial charge in [0.15, 0.2) is 6.29 Å². The molecule has 1 aliphatic rings. The summed E-state index contributed by atoms with van der Waals surface area (Å²) in [6, 6.07) is 24.1. The van der Waals surface area contributed by atoms with Crippen molar-refractivity contribution in [2.24, 2.45) is 0 Å². The molecule has 0 N–H and O–H groups in total. The molecule has 1 saturated heterocycles. The second kappa shape index (κ2) is 8.09. The van der Waals surface area contributed by atoms with Crippen LogP contribution in [0.3, 0.4) is 0 Å². The summed E-state index contributed by atoms with van der Waals surface area (Å²) in [6.07, 6.45) is -0.316. The summed E-state index contributed by atoms with van der Waals surface area (Å²) in [4.78, 5) is 0. The molecule has 0 radical (unpaired) electrons. The zero-order valence-electron chi connectivity index (χ0n) is 15.1. The highest BCUT2D eigenvalue weighted by molar-refractivity contribution is 5.74. The molecule has 3 heteroatoms. The largest absolute Gasteiger partial charge is 0.497 e. The molecule has 0 unspecified atom stereocenters. The first-order chi connectivity index (χ1) is 13.3. The Kier molecular flexibility index (Phi) is 5.20. The fourth-order valence-corrected chi connectivity index (χ4v) is 3.13. The van der Waals surface area contributed by atoms with Crippen LogP contribution in [0, 0.1) is 11.8 Å². The molecule has 0 bridgehead atoms. The summed E-state index contributed by atoms with van der Waals surface area (Å²) >= 11 is 0. The summed E-state index contributed by atoms with van der Waals surface area (Å²) in [5.41, 5.74) is 5.12. The average molecular weight is 356 g/mol. The van der Waals surface area contributed by atoms with Crippen LogP contribution < -0.4 is 4.74 Å². The van der Waals surface area contributed by atoms with E-state index in [1.165, 1.54) is 0 Å². The van der Waals surface area contributed by atoms with Crippen LogP contribution in [0.5, 0.6) is 5.75 Å². The Morgan fingerprint density at radius 2 is 1.44 bits per heavy atom. The molecule has 0 atom stereocenters. The Morgan fingerprint density at radius 1 is 0.778 bits per heavy atom. The molecular formula is C24H20O3. The van der Waals surface area contributed by atoms with Gasteiger partial charge in [0.25, 0.3) is 0 Å². The lowest BCUT2D eigenvalue weighted by Crippen LogP contribution is -2.01. The van der Waals surface area contributed by atoms with Gasteiger partial charge in [-0.3, -0.25) is 0 Å².